The Hall–Kier alpha value is -4.26. The van der Waals surface area contributed by atoms with Gasteiger partial charge < -0.3 is 20.1 Å². The Balaban J connectivity index is 1.52. The maximum atomic E-state index is 14.0. The van der Waals surface area contributed by atoms with Gasteiger partial charge in [0.1, 0.15) is 22.9 Å². The van der Waals surface area contributed by atoms with E-state index in [0.717, 1.165) is 34.9 Å². The van der Waals surface area contributed by atoms with Crippen molar-refractivity contribution in [2.45, 2.75) is 44.3 Å². The van der Waals surface area contributed by atoms with Crippen molar-refractivity contribution < 1.29 is 14.3 Å². The lowest BCUT2D eigenvalue weighted by molar-refractivity contribution is 0.0919. The Morgan fingerprint density at radius 3 is 2.03 bits per heavy atom. The Bertz CT molecular complexity index is 1360. The first kappa shape index (κ1) is 25.4. The van der Waals surface area contributed by atoms with Crippen LogP contribution in [0, 0.1) is 0 Å². The minimum atomic E-state index is -0.826. The molecule has 3 aromatic carbocycles. The number of anilines is 1. The van der Waals surface area contributed by atoms with Crippen molar-refractivity contribution in [1.82, 2.24) is 15.1 Å². The number of methoxy groups -OCH3 is 2. The van der Waals surface area contributed by atoms with Crippen molar-refractivity contribution in [1.29, 1.82) is 0 Å². The second kappa shape index (κ2) is 9.89. The third-order valence-electron chi connectivity index (χ3n) is 7.50. The maximum absolute atomic E-state index is 14.0. The zero-order chi connectivity index (χ0) is 26.9. The first-order valence-electron chi connectivity index (χ1n) is 12.8. The van der Waals surface area contributed by atoms with E-state index in [0.29, 0.717) is 5.56 Å². The molecule has 0 fully saturated rings. The fourth-order valence-electron chi connectivity index (χ4n) is 5.26. The average Bonchev–Trinajstić information content (AvgIpc) is 3.39. The minimum absolute atomic E-state index is 0.0662. The number of hydrogen-bond acceptors (Lipinski definition) is 5. The van der Waals surface area contributed by atoms with Crippen molar-refractivity contribution in [3.8, 4) is 11.5 Å². The van der Waals surface area contributed by atoms with Crippen LogP contribution in [0.4, 0.5) is 5.82 Å². The van der Waals surface area contributed by atoms with E-state index in [2.05, 4.69) is 41.7 Å². The Kier molecular flexibility index (Phi) is 6.61. The van der Waals surface area contributed by atoms with E-state index in [1.54, 1.807) is 20.4 Å². The van der Waals surface area contributed by atoms with Crippen molar-refractivity contribution in [2.75, 3.05) is 19.5 Å². The Labute approximate surface area is 223 Å². The van der Waals surface area contributed by atoms with Crippen molar-refractivity contribution >= 4 is 11.7 Å². The smallest absolute Gasteiger partial charge is 0.257 e. The molecule has 2 N–H and O–H groups in total. The van der Waals surface area contributed by atoms with Crippen LogP contribution in [-0.2, 0) is 11.1 Å². The topological polar surface area (TPSA) is 77.4 Å². The summed E-state index contributed by atoms with van der Waals surface area (Å²) in [7, 11) is 3.28. The molecule has 4 aromatic rings. The summed E-state index contributed by atoms with van der Waals surface area (Å²) >= 11 is 0. The van der Waals surface area contributed by atoms with Gasteiger partial charge in [0.15, 0.2) is 0 Å². The highest BCUT2D eigenvalue weighted by Gasteiger charge is 2.38. The zero-order valence-electron chi connectivity index (χ0n) is 22.5. The minimum Gasteiger partial charge on any atom is -0.497 e. The molecule has 0 bridgehead atoms. The number of carbonyl (C=O) groups excluding carboxylic acids is 1. The standard InChI is InChI=1S/C31H34N4O3/c1-30(2)19-27(21-9-7-6-8-10-21)33-28-26(20-32-35(28)30)29(36)34-31(3,22-11-15-24(37-4)16-12-22)23-13-17-25(38-5)18-14-23/h6-18,20,27,33H,19H2,1-5H3,(H,34,36). The van der Waals surface area contributed by atoms with Crippen LogP contribution in [-0.4, -0.2) is 29.9 Å². The van der Waals surface area contributed by atoms with Crippen molar-refractivity contribution in [2.24, 2.45) is 0 Å². The molecular formula is C31H34N4O3. The number of amides is 1. The lowest BCUT2D eigenvalue weighted by Crippen LogP contribution is -2.45. The molecule has 1 aliphatic rings. The van der Waals surface area contributed by atoms with E-state index < -0.39 is 5.54 Å². The highest BCUT2D eigenvalue weighted by atomic mass is 16.5. The SMILES string of the molecule is COc1ccc(C(C)(NC(=O)c2cnn3c2NC(c2ccccc2)CC3(C)C)c2ccc(OC)cc2)cc1. The number of nitrogens with one attached hydrogen (secondary N) is 2. The van der Waals surface area contributed by atoms with Gasteiger partial charge in [-0.05, 0) is 68.1 Å². The van der Waals surface area contributed by atoms with Gasteiger partial charge in [-0.25, -0.2) is 4.68 Å². The number of aromatic nitrogens is 2. The first-order valence-corrected chi connectivity index (χ1v) is 12.8. The van der Waals surface area contributed by atoms with Gasteiger partial charge in [-0.2, -0.15) is 5.10 Å². The van der Waals surface area contributed by atoms with Crippen LogP contribution in [0.15, 0.2) is 85.1 Å². The second-order valence-electron chi connectivity index (χ2n) is 10.5. The van der Waals surface area contributed by atoms with Gasteiger partial charge in [-0.15, -0.1) is 0 Å². The van der Waals surface area contributed by atoms with Crippen LogP contribution < -0.4 is 20.1 Å². The predicted octanol–water partition coefficient (Wildman–Crippen LogP) is 5.89. The molecule has 7 heteroatoms. The van der Waals surface area contributed by atoms with Gasteiger partial charge in [0.2, 0.25) is 0 Å². The fourth-order valence-corrected chi connectivity index (χ4v) is 5.26. The summed E-state index contributed by atoms with van der Waals surface area (Å²) in [6.45, 7) is 6.32. The van der Waals surface area contributed by atoms with Gasteiger partial charge >= 0.3 is 0 Å². The van der Waals surface area contributed by atoms with Gasteiger partial charge in [-0.1, -0.05) is 54.6 Å². The molecular weight excluding hydrogens is 476 g/mol. The maximum Gasteiger partial charge on any atom is 0.257 e. The molecule has 0 spiro atoms. The normalized spacial score (nSPS) is 16.2. The predicted molar refractivity (Wildman–Crippen MR) is 149 cm³/mol. The van der Waals surface area contributed by atoms with Gasteiger partial charge in [0.05, 0.1) is 37.5 Å². The molecule has 1 aromatic heterocycles. The highest BCUT2D eigenvalue weighted by Crippen LogP contribution is 2.40. The van der Waals surface area contributed by atoms with Crippen LogP contribution in [0.3, 0.4) is 0 Å². The van der Waals surface area contributed by atoms with E-state index in [1.807, 2.05) is 78.3 Å². The number of rotatable bonds is 7. The first-order chi connectivity index (χ1) is 18.2. The van der Waals surface area contributed by atoms with Crippen LogP contribution in [0.1, 0.15) is 60.3 Å². The van der Waals surface area contributed by atoms with Crippen LogP contribution in [0.2, 0.25) is 0 Å². The number of carbonyl (C=O) groups is 1. The molecule has 0 aliphatic carbocycles. The summed E-state index contributed by atoms with van der Waals surface area (Å²) in [5.74, 6) is 2.01. The van der Waals surface area contributed by atoms with Gasteiger partial charge in [0, 0.05) is 0 Å². The molecule has 2 heterocycles. The molecule has 0 radical (unpaired) electrons. The largest absolute Gasteiger partial charge is 0.497 e. The second-order valence-corrected chi connectivity index (χ2v) is 10.5. The van der Waals surface area contributed by atoms with E-state index in [1.165, 1.54) is 5.56 Å². The van der Waals surface area contributed by atoms with E-state index >= 15 is 0 Å². The Morgan fingerprint density at radius 1 is 0.947 bits per heavy atom. The highest BCUT2D eigenvalue weighted by molar-refractivity contribution is 5.99. The quantitative estimate of drug-likeness (QED) is 0.324. The van der Waals surface area contributed by atoms with Crippen LogP contribution >= 0.6 is 0 Å². The van der Waals surface area contributed by atoms with Crippen molar-refractivity contribution in [3.05, 3.63) is 107 Å². The van der Waals surface area contributed by atoms with E-state index in [9.17, 15) is 4.79 Å². The number of nitrogens with zero attached hydrogens (tertiary/aromatic N) is 2. The summed E-state index contributed by atoms with van der Waals surface area (Å²) in [6, 6.07) is 25.9. The molecule has 0 saturated heterocycles. The molecule has 1 unspecified atom stereocenters. The van der Waals surface area contributed by atoms with Crippen LogP contribution in [0.5, 0.6) is 11.5 Å². The summed E-state index contributed by atoms with van der Waals surface area (Å²) in [5.41, 5.74) is 2.44. The lowest BCUT2D eigenvalue weighted by Gasteiger charge is -2.38. The third-order valence-corrected chi connectivity index (χ3v) is 7.50. The summed E-state index contributed by atoms with van der Waals surface area (Å²) in [4.78, 5) is 14.0. The summed E-state index contributed by atoms with van der Waals surface area (Å²) in [6.07, 6.45) is 2.51. The molecule has 1 amide bonds. The molecule has 5 rings (SSSR count). The van der Waals surface area contributed by atoms with E-state index in [-0.39, 0.29) is 17.5 Å². The number of benzene rings is 3. The average molecular weight is 511 g/mol. The molecule has 7 nitrogen and oxygen atoms in total. The zero-order valence-corrected chi connectivity index (χ0v) is 22.5. The Morgan fingerprint density at radius 2 is 1.50 bits per heavy atom. The third kappa shape index (κ3) is 4.60. The molecule has 196 valence electrons. The molecule has 0 saturated carbocycles. The lowest BCUT2D eigenvalue weighted by atomic mass is 9.84. The van der Waals surface area contributed by atoms with Crippen molar-refractivity contribution in [3.63, 3.8) is 0 Å². The van der Waals surface area contributed by atoms with Crippen LogP contribution in [0.25, 0.3) is 0 Å². The fraction of sp³-hybridized carbons (Fsp3) is 0.290. The van der Waals surface area contributed by atoms with Gasteiger partial charge in [0.25, 0.3) is 5.91 Å². The number of hydrogen-bond donors (Lipinski definition) is 2. The molecule has 1 atom stereocenters. The molecule has 1 aliphatic heterocycles. The summed E-state index contributed by atoms with van der Waals surface area (Å²) in [5, 5.41) is 11.6. The van der Waals surface area contributed by atoms with Gasteiger partial charge in [-0.3, -0.25) is 4.79 Å². The molecule has 38 heavy (non-hydrogen) atoms. The number of ether oxygens (including phenoxy) is 2. The number of fused-ring (bicyclic) bond motifs is 1. The van der Waals surface area contributed by atoms with E-state index in [4.69, 9.17) is 9.47 Å². The summed E-state index contributed by atoms with van der Waals surface area (Å²) < 4.78 is 12.7. The monoisotopic (exact) mass is 510 g/mol.